The van der Waals surface area contributed by atoms with E-state index >= 15 is 0 Å². The van der Waals surface area contributed by atoms with Gasteiger partial charge in [-0.05, 0) is 25.7 Å². The molecule has 0 bridgehead atoms. The molecule has 0 fully saturated rings. The van der Waals surface area contributed by atoms with Crippen molar-refractivity contribution in [1.29, 1.82) is 0 Å². The molecule has 1 atom stereocenters. The molecule has 1 N–H and O–H groups in total. The molecule has 2 nitrogen and oxygen atoms in total. The number of ketones is 1. The maximum Gasteiger partial charge on any atom is 0.132 e. The van der Waals surface area contributed by atoms with Gasteiger partial charge in [0.05, 0.1) is 6.10 Å². The van der Waals surface area contributed by atoms with E-state index in [1.165, 1.54) is 116 Å². The summed E-state index contributed by atoms with van der Waals surface area (Å²) in [6.45, 7) is 4.28. The number of hydrogen-bond donors (Lipinski definition) is 1. The van der Waals surface area contributed by atoms with E-state index in [0.717, 1.165) is 38.5 Å². The molecule has 30 heavy (non-hydrogen) atoms. The van der Waals surface area contributed by atoms with Gasteiger partial charge in [0.2, 0.25) is 0 Å². The molecule has 0 aliphatic carbocycles. The van der Waals surface area contributed by atoms with Gasteiger partial charge in [-0.2, -0.15) is 0 Å². The molecule has 0 saturated carbocycles. The summed E-state index contributed by atoms with van der Waals surface area (Å²) >= 11 is 0. The van der Waals surface area contributed by atoms with Crippen molar-refractivity contribution in [2.75, 3.05) is 0 Å². The van der Waals surface area contributed by atoms with E-state index in [1.54, 1.807) is 0 Å². The number of unbranched alkanes of at least 4 members (excludes halogenated alkanes) is 17. The second kappa shape index (κ2) is 24.9. The van der Waals surface area contributed by atoms with Crippen LogP contribution in [0.1, 0.15) is 168 Å². The first-order chi connectivity index (χ1) is 14.7. The predicted molar refractivity (Wildman–Crippen MR) is 133 cm³/mol. The SMILES string of the molecule is CCCC[C@H](O)CCCCCCCCCCCCCCCCCCCC(=O)CCC. The van der Waals surface area contributed by atoms with E-state index < -0.39 is 0 Å². The zero-order valence-electron chi connectivity index (χ0n) is 20.9. The van der Waals surface area contributed by atoms with Crippen LogP contribution in [0.4, 0.5) is 0 Å². The quantitative estimate of drug-likeness (QED) is 0.148. The Morgan fingerprint density at radius 1 is 0.500 bits per heavy atom. The smallest absolute Gasteiger partial charge is 0.132 e. The summed E-state index contributed by atoms with van der Waals surface area (Å²) in [5.74, 6) is 0.464. The highest BCUT2D eigenvalue weighted by Crippen LogP contribution is 2.15. The van der Waals surface area contributed by atoms with E-state index in [9.17, 15) is 9.90 Å². The molecule has 2 heteroatoms. The van der Waals surface area contributed by atoms with Gasteiger partial charge in [-0.1, -0.05) is 129 Å². The van der Waals surface area contributed by atoms with E-state index in [0.29, 0.717) is 5.78 Å². The maximum absolute atomic E-state index is 11.5. The Balaban J connectivity index is 3.09. The third-order valence-corrected chi connectivity index (χ3v) is 6.41. The number of aliphatic hydroxyl groups is 1. The van der Waals surface area contributed by atoms with Crippen LogP contribution in [-0.2, 0) is 4.79 Å². The van der Waals surface area contributed by atoms with Crippen molar-refractivity contribution < 1.29 is 9.90 Å². The lowest BCUT2D eigenvalue weighted by Crippen LogP contribution is -2.05. The van der Waals surface area contributed by atoms with E-state index in [1.807, 2.05) is 0 Å². The largest absolute Gasteiger partial charge is 0.393 e. The molecule has 0 aromatic heterocycles. The fourth-order valence-electron chi connectivity index (χ4n) is 4.34. The highest BCUT2D eigenvalue weighted by molar-refractivity contribution is 5.78. The number of hydrogen-bond acceptors (Lipinski definition) is 2. The van der Waals surface area contributed by atoms with Crippen LogP contribution in [-0.4, -0.2) is 17.0 Å². The van der Waals surface area contributed by atoms with Gasteiger partial charge in [0.15, 0.2) is 0 Å². The zero-order chi connectivity index (χ0) is 22.1. The molecule has 0 spiro atoms. The molecule has 0 radical (unpaired) electrons. The lowest BCUT2D eigenvalue weighted by atomic mass is 10.0. The molecule has 0 aromatic carbocycles. The van der Waals surface area contributed by atoms with Crippen molar-refractivity contribution in [3.05, 3.63) is 0 Å². The fraction of sp³-hybridized carbons (Fsp3) is 0.964. The van der Waals surface area contributed by atoms with Crippen LogP contribution in [0.15, 0.2) is 0 Å². The maximum atomic E-state index is 11.5. The molecule has 0 aliphatic heterocycles. The molecule has 0 amide bonds. The summed E-state index contributed by atoms with van der Waals surface area (Å²) in [4.78, 5) is 11.5. The standard InChI is InChI=1S/C28H56O2/c1-3-5-24-28(30)26-22-20-18-16-14-12-10-8-6-7-9-11-13-15-17-19-21-25-27(29)23-4-2/h28,30H,3-26H2,1-2H3/t28-/m0/s1. The number of aliphatic hydroxyl groups excluding tert-OH is 1. The summed E-state index contributed by atoms with van der Waals surface area (Å²) in [5.41, 5.74) is 0. The molecular weight excluding hydrogens is 368 g/mol. The lowest BCUT2D eigenvalue weighted by molar-refractivity contribution is -0.119. The van der Waals surface area contributed by atoms with Crippen molar-refractivity contribution in [1.82, 2.24) is 0 Å². The van der Waals surface area contributed by atoms with Crippen molar-refractivity contribution >= 4 is 5.78 Å². The van der Waals surface area contributed by atoms with Gasteiger partial charge in [0.25, 0.3) is 0 Å². The van der Waals surface area contributed by atoms with Crippen LogP contribution in [0.3, 0.4) is 0 Å². The van der Waals surface area contributed by atoms with Crippen molar-refractivity contribution in [3.8, 4) is 0 Å². The minimum absolute atomic E-state index is 0.0442. The molecule has 0 heterocycles. The van der Waals surface area contributed by atoms with Crippen LogP contribution in [0.2, 0.25) is 0 Å². The second-order valence-corrected chi connectivity index (χ2v) is 9.63. The second-order valence-electron chi connectivity index (χ2n) is 9.63. The Morgan fingerprint density at radius 2 is 0.867 bits per heavy atom. The van der Waals surface area contributed by atoms with Gasteiger partial charge in [0.1, 0.15) is 5.78 Å². The Bertz CT molecular complexity index is 340. The van der Waals surface area contributed by atoms with Crippen LogP contribution < -0.4 is 0 Å². The topological polar surface area (TPSA) is 37.3 Å². The van der Waals surface area contributed by atoms with E-state index in [2.05, 4.69) is 13.8 Å². The molecular formula is C28H56O2. The fourth-order valence-corrected chi connectivity index (χ4v) is 4.34. The Labute approximate surface area is 190 Å². The van der Waals surface area contributed by atoms with Gasteiger partial charge in [-0.3, -0.25) is 4.79 Å². The van der Waals surface area contributed by atoms with Gasteiger partial charge in [-0.15, -0.1) is 0 Å². The van der Waals surface area contributed by atoms with Crippen molar-refractivity contribution in [2.24, 2.45) is 0 Å². The average Bonchev–Trinajstić information content (AvgIpc) is 2.74. The first-order valence-electron chi connectivity index (χ1n) is 13.9. The predicted octanol–water partition coefficient (Wildman–Crippen LogP) is 9.32. The Hall–Kier alpha value is -0.370. The van der Waals surface area contributed by atoms with Gasteiger partial charge in [0, 0.05) is 12.8 Å². The van der Waals surface area contributed by atoms with Crippen LogP contribution in [0.25, 0.3) is 0 Å². The Kier molecular flexibility index (Phi) is 24.6. The summed E-state index contributed by atoms with van der Waals surface area (Å²) in [6.07, 6.45) is 30.0. The molecule has 180 valence electrons. The molecule has 0 rings (SSSR count). The molecule has 0 aliphatic rings. The summed E-state index contributed by atoms with van der Waals surface area (Å²) in [5, 5.41) is 9.84. The third-order valence-electron chi connectivity index (χ3n) is 6.41. The van der Waals surface area contributed by atoms with Gasteiger partial charge >= 0.3 is 0 Å². The summed E-state index contributed by atoms with van der Waals surface area (Å²) in [7, 11) is 0. The lowest BCUT2D eigenvalue weighted by Gasteiger charge is -2.09. The highest BCUT2D eigenvalue weighted by Gasteiger charge is 2.03. The number of Topliss-reactive ketones (excluding diaryl/α,β-unsaturated/α-hetero) is 1. The van der Waals surface area contributed by atoms with Crippen LogP contribution in [0, 0.1) is 0 Å². The summed E-state index contributed by atoms with van der Waals surface area (Å²) in [6, 6.07) is 0. The highest BCUT2D eigenvalue weighted by atomic mass is 16.3. The average molecular weight is 425 g/mol. The van der Waals surface area contributed by atoms with Crippen molar-refractivity contribution in [3.63, 3.8) is 0 Å². The number of carbonyl (C=O) groups excluding carboxylic acids is 1. The minimum Gasteiger partial charge on any atom is -0.393 e. The normalized spacial score (nSPS) is 12.4. The molecule has 0 saturated heterocycles. The van der Waals surface area contributed by atoms with Crippen LogP contribution in [0.5, 0.6) is 0 Å². The monoisotopic (exact) mass is 424 g/mol. The van der Waals surface area contributed by atoms with Crippen molar-refractivity contribution in [2.45, 2.75) is 174 Å². The summed E-state index contributed by atoms with van der Waals surface area (Å²) < 4.78 is 0. The molecule has 0 aromatic rings. The van der Waals surface area contributed by atoms with Crippen LogP contribution >= 0.6 is 0 Å². The first kappa shape index (κ1) is 29.6. The van der Waals surface area contributed by atoms with Gasteiger partial charge < -0.3 is 5.11 Å². The number of carbonyl (C=O) groups is 1. The zero-order valence-corrected chi connectivity index (χ0v) is 20.9. The number of rotatable bonds is 25. The molecule has 0 unspecified atom stereocenters. The third kappa shape index (κ3) is 23.9. The Morgan fingerprint density at radius 3 is 1.27 bits per heavy atom. The van der Waals surface area contributed by atoms with E-state index in [-0.39, 0.29) is 6.10 Å². The first-order valence-corrected chi connectivity index (χ1v) is 13.9. The minimum atomic E-state index is -0.0442. The van der Waals surface area contributed by atoms with Gasteiger partial charge in [-0.25, -0.2) is 0 Å². The van der Waals surface area contributed by atoms with E-state index in [4.69, 9.17) is 0 Å².